The highest BCUT2D eigenvalue weighted by Crippen LogP contribution is 2.36. The number of rotatable bonds is 4. The number of carbonyl (C=O) groups is 1. The Balaban J connectivity index is 1.44. The molecule has 1 aliphatic heterocycles. The molecular formula is C23H20N2O5S. The second-order valence-electron chi connectivity index (χ2n) is 7.39. The standard InChI is InChI=1S/C23H20N2O5S/c1-29-22-13-18-17-5-2-3-6-20(17)30-21(18)14-19(22)24-23(26)15-7-9-16(10-8-15)25-11-4-12-31(25,27)28/h2-3,5-10,13-14H,4,11-12H2,1H3,(H,24,26). The molecule has 2 heterocycles. The highest BCUT2D eigenvalue weighted by atomic mass is 32.2. The number of carbonyl (C=O) groups excluding carboxylic acids is 1. The average Bonchev–Trinajstić information content (AvgIpc) is 3.31. The largest absolute Gasteiger partial charge is 0.495 e. The molecule has 1 amide bonds. The molecule has 1 fully saturated rings. The van der Waals surface area contributed by atoms with Crippen LogP contribution in [-0.2, 0) is 10.0 Å². The first kappa shape index (κ1) is 19.4. The van der Waals surface area contributed by atoms with E-state index in [-0.39, 0.29) is 11.7 Å². The van der Waals surface area contributed by atoms with Crippen molar-refractivity contribution in [3.63, 3.8) is 0 Å². The number of para-hydroxylation sites is 1. The number of benzene rings is 3. The van der Waals surface area contributed by atoms with Gasteiger partial charge in [0.25, 0.3) is 5.91 Å². The zero-order chi connectivity index (χ0) is 21.6. The maximum absolute atomic E-state index is 12.8. The summed E-state index contributed by atoms with van der Waals surface area (Å²) in [4.78, 5) is 12.8. The van der Waals surface area contributed by atoms with Crippen LogP contribution in [0.5, 0.6) is 5.75 Å². The van der Waals surface area contributed by atoms with E-state index in [0.29, 0.717) is 41.2 Å². The molecule has 0 saturated carbocycles. The number of nitrogens with one attached hydrogen (secondary N) is 1. The summed E-state index contributed by atoms with van der Waals surface area (Å²) in [5, 5.41) is 4.74. The normalized spacial score (nSPS) is 15.5. The summed E-state index contributed by atoms with van der Waals surface area (Å²) in [5.74, 6) is 0.344. The average molecular weight is 436 g/mol. The fraction of sp³-hybridized carbons (Fsp3) is 0.174. The second-order valence-corrected chi connectivity index (χ2v) is 9.40. The number of nitrogens with zero attached hydrogens (tertiary/aromatic N) is 1. The summed E-state index contributed by atoms with van der Waals surface area (Å²) in [5.41, 5.74) is 2.87. The van der Waals surface area contributed by atoms with E-state index in [1.165, 1.54) is 4.31 Å². The van der Waals surface area contributed by atoms with Crippen LogP contribution in [0.4, 0.5) is 11.4 Å². The third-order valence-electron chi connectivity index (χ3n) is 5.46. The lowest BCUT2D eigenvalue weighted by molar-refractivity contribution is 0.102. The minimum Gasteiger partial charge on any atom is -0.495 e. The second kappa shape index (κ2) is 7.31. The molecule has 0 aliphatic carbocycles. The van der Waals surface area contributed by atoms with Gasteiger partial charge in [-0.25, -0.2) is 8.42 Å². The summed E-state index contributed by atoms with van der Waals surface area (Å²) < 4.78 is 37.0. The van der Waals surface area contributed by atoms with Gasteiger partial charge >= 0.3 is 0 Å². The van der Waals surface area contributed by atoms with Gasteiger partial charge in [0.1, 0.15) is 16.9 Å². The van der Waals surface area contributed by atoms with Crippen LogP contribution in [-0.4, -0.2) is 33.7 Å². The van der Waals surface area contributed by atoms with Crippen molar-refractivity contribution in [2.45, 2.75) is 6.42 Å². The molecule has 1 N–H and O–H groups in total. The fourth-order valence-electron chi connectivity index (χ4n) is 3.92. The molecule has 1 aliphatic rings. The van der Waals surface area contributed by atoms with E-state index in [1.54, 1.807) is 37.4 Å². The van der Waals surface area contributed by atoms with Gasteiger partial charge in [0.15, 0.2) is 0 Å². The van der Waals surface area contributed by atoms with Gasteiger partial charge in [0.05, 0.1) is 24.2 Å². The number of anilines is 2. The number of hydrogen-bond acceptors (Lipinski definition) is 5. The maximum atomic E-state index is 12.8. The van der Waals surface area contributed by atoms with Crippen molar-refractivity contribution in [1.29, 1.82) is 0 Å². The summed E-state index contributed by atoms with van der Waals surface area (Å²) in [6.45, 7) is 0.461. The molecule has 4 aromatic rings. The summed E-state index contributed by atoms with van der Waals surface area (Å²) in [6, 6.07) is 17.8. The number of furan rings is 1. The van der Waals surface area contributed by atoms with Crippen LogP contribution in [0.3, 0.4) is 0 Å². The Morgan fingerprint density at radius 2 is 1.81 bits per heavy atom. The maximum Gasteiger partial charge on any atom is 0.255 e. The number of amides is 1. The van der Waals surface area contributed by atoms with Crippen molar-refractivity contribution in [3.8, 4) is 5.75 Å². The van der Waals surface area contributed by atoms with Crippen molar-refractivity contribution in [3.05, 3.63) is 66.2 Å². The molecule has 0 spiro atoms. The highest BCUT2D eigenvalue weighted by Gasteiger charge is 2.28. The lowest BCUT2D eigenvalue weighted by Gasteiger charge is -2.17. The molecule has 0 unspecified atom stereocenters. The predicted molar refractivity (Wildman–Crippen MR) is 120 cm³/mol. The van der Waals surface area contributed by atoms with E-state index in [4.69, 9.17) is 9.15 Å². The first-order valence-corrected chi connectivity index (χ1v) is 11.5. The van der Waals surface area contributed by atoms with Gasteiger partial charge in [-0.15, -0.1) is 0 Å². The molecule has 1 saturated heterocycles. The Kier molecular flexibility index (Phi) is 4.59. The number of hydrogen-bond donors (Lipinski definition) is 1. The Hall–Kier alpha value is -3.52. The molecular weight excluding hydrogens is 416 g/mol. The van der Waals surface area contributed by atoms with Gasteiger partial charge in [0, 0.05) is 28.9 Å². The monoisotopic (exact) mass is 436 g/mol. The molecule has 1 aromatic heterocycles. The topological polar surface area (TPSA) is 88.9 Å². The summed E-state index contributed by atoms with van der Waals surface area (Å²) in [7, 11) is -1.71. The Morgan fingerprint density at radius 3 is 2.52 bits per heavy atom. The van der Waals surface area contributed by atoms with Gasteiger partial charge in [-0.3, -0.25) is 9.10 Å². The fourth-order valence-corrected chi connectivity index (χ4v) is 5.49. The molecule has 7 nitrogen and oxygen atoms in total. The van der Waals surface area contributed by atoms with Crippen LogP contribution in [0.25, 0.3) is 21.9 Å². The lowest BCUT2D eigenvalue weighted by atomic mass is 10.1. The predicted octanol–water partition coefficient (Wildman–Crippen LogP) is 4.39. The van der Waals surface area contributed by atoms with Gasteiger partial charge in [-0.05, 0) is 42.8 Å². The van der Waals surface area contributed by atoms with Crippen molar-refractivity contribution in [1.82, 2.24) is 0 Å². The smallest absolute Gasteiger partial charge is 0.255 e. The van der Waals surface area contributed by atoms with Crippen molar-refractivity contribution in [2.75, 3.05) is 29.0 Å². The van der Waals surface area contributed by atoms with Crippen LogP contribution in [0.2, 0.25) is 0 Å². The molecule has 0 radical (unpaired) electrons. The first-order chi connectivity index (χ1) is 15.0. The van der Waals surface area contributed by atoms with E-state index in [1.807, 2.05) is 30.3 Å². The van der Waals surface area contributed by atoms with Gasteiger partial charge in [0.2, 0.25) is 10.0 Å². The van der Waals surface area contributed by atoms with Crippen LogP contribution >= 0.6 is 0 Å². The molecule has 31 heavy (non-hydrogen) atoms. The Labute approximate surface area is 179 Å². The molecule has 3 aromatic carbocycles. The van der Waals surface area contributed by atoms with Gasteiger partial charge < -0.3 is 14.5 Å². The first-order valence-electron chi connectivity index (χ1n) is 9.87. The van der Waals surface area contributed by atoms with Gasteiger partial charge in [-0.2, -0.15) is 0 Å². The SMILES string of the molecule is COc1cc2c(cc1NC(=O)c1ccc(N3CCCS3(=O)=O)cc1)oc1ccccc12. The Morgan fingerprint density at radius 1 is 1.03 bits per heavy atom. The number of fused-ring (bicyclic) bond motifs is 3. The molecule has 8 heteroatoms. The third kappa shape index (κ3) is 3.38. The zero-order valence-corrected chi connectivity index (χ0v) is 17.6. The van der Waals surface area contributed by atoms with Crippen LogP contribution < -0.4 is 14.4 Å². The van der Waals surface area contributed by atoms with Gasteiger partial charge in [-0.1, -0.05) is 18.2 Å². The van der Waals surface area contributed by atoms with E-state index in [2.05, 4.69) is 5.32 Å². The zero-order valence-electron chi connectivity index (χ0n) is 16.8. The Bertz CT molecular complexity index is 1410. The minimum atomic E-state index is -3.26. The van der Waals surface area contributed by atoms with E-state index in [0.717, 1.165) is 16.4 Å². The van der Waals surface area contributed by atoms with E-state index < -0.39 is 10.0 Å². The number of sulfonamides is 1. The van der Waals surface area contributed by atoms with E-state index >= 15 is 0 Å². The third-order valence-corrected chi connectivity index (χ3v) is 7.33. The summed E-state index contributed by atoms with van der Waals surface area (Å²) in [6.07, 6.45) is 0.606. The summed E-state index contributed by atoms with van der Waals surface area (Å²) >= 11 is 0. The lowest BCUT2D eigenvalue weighted by Crippen LogP contribution is -2.25. The molecule has 0 bridgehead atoms. The van der Waals surface area contributed by atoms with Crippen molar-refractivity contribution >= 4 is 49.2 Å². The number of ether oxygens (including phenoxy) is 1. The number of methoxy groups -OCH3 is 1. The quantitative estimate of drug-likeness (QED) is 0.513. The van der Waals surface area contributed by atoms with Crippen LogP contribution in [0.15, 0.2) is 65.1 Å². The highest BCUT2D eigenvalue weighted by molar-refractivity contribution is 7.93. The van der Waals surface area contributed by atoms with Crippen molar-refractivity contribution in [2.24, 2.45) is 0 Å². The molecule has 158 valence electrons. The van der Waals surface area contributed by atoms with Crippen LogP contribution in [0.1, 0.15) is 16.8 Å². The van der Waals surface area contributed by atoms with E-state index in [9.17, 15) is 13.2 Å². The van der Waals surface area contributed by atoms with Crippen LogP contribution in [0, 0.1) is 0 Å². The molecule has 0 atom stereocenters. The van der Waals surface area contributed by atoms with Crippen molar-refractivity contribution < 1.29 is 22.4 Å². The minimum absolute atomic E-state index is 0.152. The molecule has 5 rings (SSSR count).